The Balaban J connectivity index is 2.05. The molecule has 0 radical (unpaired) electrons. The first-order chi connectivity index (χ1) is 8.61. The van der Waals surface area contributed by atoms with E-state index < -0.39 is 0 Å². The van der Waals surface area contributed by atoms with Crippen molar-refractivity contribution in [2.24, 2.45) is 5.92 Å². The molecular formula is C13H17BrN2O2. The van der Waals surface area contributed by atoms with Crippen molar-refractivity contribution in [1.29, 1.82) is 0 Å². The molecule has 2 rings (SSSR count). The van der Waals surface area contributed by atoms with Crippen LogP contribution in [0.2, 0.25) is 0 Å². The van der Waals surface area contributed by atoms with Crippen molar-refractivity contribution in [2.45, 2.75) is 25.3 Å². The highest BCUT2D eigenvalue weighted by Gasteiger charge is 2.28. The Morgan fingerprint density at radius 1 is 1.50 bits per heavy atom. The standard InChI is InChI=1S/C13H17BrN2O2/c14-10-6-8(4-5-11(10)15)13(18)16-12-3-1-2-9(12)7-17/h4-6,9,12,17H,1-3,7,15H2,(H,16,18). The lowest BCUT2D eigenvalue weighted by molar-refractivity contribution is 0.0916. The number of carbonyl (C=O) groups excluding carboxylic acids is 1. The van der Waals surface area contributed by atoms with E-state index in [2.05, 4.69) is 21.2 Å². The van der Waals surface area contributed by atoms with Crippen molar-refractivity contribution in [3.8, 4) is 0 Å². The van der Waals surface area contributed by atoms with Gasteiger partial charge in [0.1, 0.15) is 0 Å². The van der Waals surface area contributed by atoms with Gasteiger partial charge in [-0.3, -0.25) is 4.79 Å². The molecule has 2 atom stereocenters. The SMILES string of the molecule is Nc1ccc(C(=O)NC2CCCC2CO)cc1Br. The zero-order valence-electron chi connectivity index (χ0n) is 10.0. The molecule has 4 nitrogen and oxygen atoms in total. The summed E-state index contributed by atoms with van der Waals surface area (Å²) in [5, 5.41) is 12.2. The fourth-order valence-electron chi connectivity index (χ4n) is 2.37. The minimum Gasteiger partial charge on any atom is -0.398 e. The second-order valence-electron chi connectivity index (χ2n) is 4.69. The Bertz CT molecular complexity index is 451. The summed E-state index contributed by atoms with van der Waals surface area (Å²) >= 11 is 3.31. The number of halogens is 1. The number of hydrogen-bond donors (Lipinski definition) is 3. The summed E-state index contributed by atoms with van der Waals surface area (Å²) in [5.74, 6) is 0.0761. The zero-order valence-corrected chi connectivity index (χ0v) is 11.6. The molecule has 1 amide bonds. The van der Waals surface area contributed by atoms with Crippen LogP contribution in [0.1, 0.15) is 29.6 Å². The van der Waals surface area contributed by atoms with E-state index in [1.54, 1.807) is 18.2 Å². The number of nitrogen functional groups attached to an aromatic ring is 1. The largest absolute Gasteiger partial charge is 0.398 e. The average molecular weight is 313 g/mol. The third-order valence-corrected chi connectivity index (χ3v) is 4.16. The van der Waals surface area contributed by atoms with Crippen LogP contribution in [0.15, 0.2) is 22.7 Å². The third kappa shape index (κ3) is 2.84. The first-order valence-electron chi connectivity index (χ1n) is 6.08. The van der Waals surface area contributed by atoms with Crippen LogP contribution in [0, 0.1) is 5.92 Å². The van der Waals surface area contributed by atoms with Gasteiger partial charge >= 0.3 is 0 Å². The molecule has 4 N–H and O–H groups in total. The van der Waals surface area contributed by atoms with E-state index >= 15 is 0 Å². The molecule has 1 aliphatic rings. The molecule has 1 saturated carbocycles. The number of aliphatic hydroxyl groups is 1. The number of aliphatic hydroxyl groups excluding tert-OH is 1. The van der Waals surface area contributed by atoms with Gasteiger partial charge < -0.3 is 16.2 Å². The van der Waals surface area contributed by atoms with E-state index in [0.717, 1.165) is 23.7 Å². The fourth-order valence-corrected chi connectivity index (χ4v) is 2.74. The van der Waals surface area contributed by atoms with Crippen molar-refractivity contribution in [1.82, 2.24) is 5.32 Å². The Morgan fingerprint density at radius 3 is 2.94 bits per heavy atom. The molecule has 0 spiro atoms. The molecule has 0 saturated heterocycles. The average Bonchev–Trinajstić information content (AvgIpc) is 2.79. The molecule has 1 aromatic carbocycles. The summed E-state index contributed by atoms with van der Waals surface area (Å²) in [6, 6.07) is 5.21. The summed E-state index contributed by atoms with van der Waals surface area (Å²) in [5.41, 5.74) is 6.88. The van der Waals surface area contributed by atoms with E-state index in [1.165, 1.54) is 0 Å². The minimum absolute atomic E-state index is 0.0822. The van der Waals surface area contributed by atoms with Crippen LogP contribution in [-0.4, -0.2) is 23.7 Å². The van der Waals surface area contributed by atoms with Crippen LogP contribution in [0.25, 0.3) is 0 Å². The topological polar surface area (TPSA) is 75.4 Å². The molecule has 5 heteroatoms. The summed E-state index contributed by atoms with van der Waals surface area (Å²) in [4.78, 5) is 12.1. The van der Waals surface area contributed by atoms with Crippen LogP contribution in [-0.2, 0) is 0 Å². The van der Waals surface area contributed by atoms with Crippen molar-refractivity contribution in [2.75, 3.05) is 12.3 Å². The summed E-state index contributed by atoms with van der Waals surface area (Å²) in [7, 11) is 0. The number of nitrogens with two attached hydrogens (primary N) is 1. The van der Waals surface area contributed by atoms with Gasteiger partial charge in [0.25, 0.3) is 5.91 Å². The Labute approximate surface area is 115 Å². The number of hydrogen-bond acceptors (Lipinski definition) is 3. The van der Waals surface area contributed by atoms with Gasteiger partial charge in [0.15, 0.2) is 0 Å². The monoisotopic (exact) mass is 312 g/mol. The lowest BCUT2D eigenvalue weighted by Crippen LogP contribution is -2.38. The Morgan fingerprint density at radius 2 is 2.28 bits per heavy atom. The van der Waals surface area contributed by atoms with Crippen LogP contribution in [0.3, 0.4) is 0 Å². The maximum atomic E-state index is 12.1. The Hall–Kier alpha value is -1.07. The molecular weight excluding hydrogens is 296 g/mol. The fraction of sp³-hybridized carbons (Fsp3) is 0.462. The van der Waals surface area contributed by atoms with E-state index in [4.69, 9.17) is 5.73 Å². The maximum Gasteiger partial charge on any atom is 0.251 e. The number of benzene rings is 1. The number of amides is 1. The van der Waals surface area contributed by atoms with Crippen LogP contribution in [0.4, 0.5) is 5.69 Å². The summed E-state index contributed by atoms with van der Waals surface area (Å²) < 4.78 is 0.722. The number of nitrogens with one attached hydrogen (secondary N) is 1. The predicted molar refractivity (Wildman–Crippen MR) is 74.2 cm³/mol. The summed E-state index contributed by atoms with van der Waals surface area (Å²) in [6.07, 6.45) is 2.97. The second kappa shape index (κ2) is 5.71. The van der Waals surface area contributed by atoms with E-state index in [0.29, 0.717) is 11.3 Å². The van der Waals surface area contributed by atoms with Crippen LogP contribution >= 0.6 is 15.9 Å². The van der Waals surface area contributed by atoms with Crippen LogP contribution in [0.5, 0.6) is 0 Å². The first-order valence-corrected chi connectivity index (χ1v) is 6.88. The van der Waals surface area contributed by atoms with E-state index in [1.807, 2.05) is 0 Å². The molecule has 0 heterocycles. The molecule has 0 bridgehead atoms. The number of carbonyl (C=O) groups is 1. The molecule has 1 aromatic rings. The molecule has 0 aliphatic heterocycles. The van der Waals surface area contributed by atoms with Crippen molar-refractivity contribution >= 4 is 27.5 Å². The Kier molecular flexibility index (Phi) is 4.24. The van der Waals surface area contributed by atoms with Gasteiger partial charge in [-0.1, -0.05) is 6.42 Å². The quantitative estimate of drug-likeness (QED) is 0.746. The smallest absolute Gasteiger partial charge is 0.251 e. The highest BCUT2D eigenvalue weighted by atomic mass is 79.9. The van der Waals surface area contributed by atoms with Gasteiger partial charge in [-0.25, -0.2) is 0 Å². The highest BCUT2D eigenvalue weighted by molar-refractivity contribution is 9.10. The lowest BCUT2D eigenvalue weighted by atomic mass is 10.0. The molecule has 18 heavy (non-hydrogen) atoms. The molecule has 1 aliphatic carbocycles. The molecule has 98 valence electrons. The maximum absolute atomic E-state index is 12.1. The van der Waals surface area contributed by atoms with Gasteiger partial charge in [0, 0.05) is 34.3 Å². The minimum atomic E-state index is -0.110. The highest BCUT2D eigenvalue weighted by Crippen LogP contribution is 2.26. The normalized spacial score (nSPS) is 23.0. The van der Waals surface area contributed by atoms with Crippen molar-refractivity contribution in [3.63, 3.8) is 0 Å². The summed E-state index contributed by atoms with van der Waals surface area (Å²) in [6.45, 7) is 0.135. The van der Waals surface area contributed by atoms with Gasteiger partial charge in [0.05, 0.1) is 0 Å². The lowest BCUT2D eigenvalue weighted by Gasteiger charge is -2.19. The van der Waals surface area contributed by atoms with Crippen LogP contribution < -0.4 is 11.1 Å². The number of rotatable bonds is 3. The van der Waals surface area contributed by atoms with Gasteiger partial charge in [-0.2, -0.15) is 0 Å². The van der Waals surface area contributed by atoms with Gasteiger partial charge in [0.2, 0.25) is 0 Å². The predicted octanol–water partition coefficient (Wildman–Crippen LogP) is 1.92. The van der Waals surface area contributed by atoms with E-state index in [9.17, 15) is 9.90 Å². The van der Waals surface area contributed by atoms with Gasteiger partial charge in [-0.05, 0) is 47.0 Å². The van der Waals surface area contributed by atoms with Crippen molar-refractivity contribution in [3.05, 3.63) is 28.2 Å². The molecule has 1 fully saturated rings. The van der Waals surface area contributed by atoms with Gasteiger partial charge in [-0.15, -0.1) is 0 Å². The third-order valence-electron chi connectivity index (χ3n) is 3.47. The van der Waals surface area contributed by atoms with E-state index in [-0.39, 0.29) is 24.5 Å². The number of anilines is 1. The van der Waals surface area contributed by atoms with Crippen molar-refractivity contribution < 1.29 is 9.90 Å². The second-order valence-corrected chi connectivity index (χ2v) is 5.54. The zero-order chi connectivity index (χ0) is 13.1. The molecule has 2 unspecified atom stereocenters. The molecule has 0 aromatic heterocycles. The first kappa shape index (κ1) is 13.4.